The molecule has 0 saturated carbocycles. The number of nitrogens with one attached hydrogen (secondary N) is 2. The van der Waals surface area contributed by atoms with Crippen molar-refractivity contribution in [2.24, 2.45) is 5.84 Å². The average molecular weight is 286 g/mol. The second kappa shape index (κ2) is 6.41. The van der Waals surface area contributed by atoms with Crippen LogP contribution < -0.4 is 16.6 Å². The fourth-order valence-corrected chi connectivity index (χ4v) is 1.63. The SMILES string of the molecule is CCC(CO)(CO)Nc1nc(NN)nc(C)c1[N+](=O)[O-]. The highest BCUT2D eigenvalue weighted by atomic mass is 16.6. The lowest BCUT2D eigenvalue weighted by Gasteiger charge is -2.30. The number of nitrogens with zero attached hydrogens (tertiary/aromatic N) is 3. The van der Waals surface area contributed by atoms with Gasteiger partial charge in [0.2, 0.25) is 11.8 Å². The van der Waals surface area contributed by atoms with Gasteiger partial charge in [-0.1, -0.05) is 6.92 Å². The van der Waals surface area contributed by atoms with E-state index in [0.717, 1.165) is 0 Å². The Bertz CT molecular complexity index is 483. The van der Waals surface area contributed by atoms with Crippen molar-refractivity contribution in [2.75, 3.05) is 24.0 Å². The molecule has 0 aliphatic rings. The minimum atomic E-state index is -1.11. The third-order valence-electron chi connectivity index (χ3n) is 3.04. The van der Waals surface area contributed by atoms with E-state index in [1.807, 2.05) is 0 Å². The number of hydrogen-bond acceptors (Lipinski definition) is 9. The van der Waals surface area contributed by atoms with Crippen LogP contribution in [0.4, 0.5) is 17.5 Å². The zero-order chi connectivity index (χ0) is 15.3. The van der Waals surface area contributed by atoms with Crippen molar-refractivity contribution in [1.29, 1.82) is 0 Å². The molecule has 0 atom stereocenters. The van der Waals surface area contributed by atoms with Crippen LogP contribution in [-0.4, -0.2) is 43.9 Å². The normalized spacial score (nSPS) is 11.2. The molecule has 0 amide bonds. The Hall–Kier alpha value is -2.04. The monoisotopic (exact) mass is 286 g/mol. The van der Waals surface area contributed by atoms with E-state index in [-0.39, 0.29) is 23.1 Å². The van der Waals surface area contributed by atoms with Crippen LogP contribution in [0.1, 0.15) is 19.0 Å². The summed E-state index contributed by atoms with van der Waals surface area (Å²) in [5, 5.41) is 32.6. The first-order chi connectivity index (χ1) is 9.42. The first-order valence-electron chi connectivity index (χ1n) is 5.92. The molecule has 10 nitrogen and oxygen atoms in total. The van der Waals surface area contributed by atoms with Crippen LogP contribution in [0, 0.1) is 17.0 Å². The number of hydrazine groups is 1. The standard InChI is InChI=1S/C10H18N6O4/c1-3-10(4-17,5-18)14-8-7(16(19)20)6(2)12-9(13-8)15-11/h17-18H,3-5,11H2,1-2H3,(H2,12,13,14,15). The van der Waals surface area contributed by atoms with Gasteiger partial charge in [0.1, 0.15) is 5.69 Å². The maximum atomic E-state index is 11.1. The largest absolute Gasteiger partial charge is 0.394 e. The van der Waals surface area contributed by atoms with E-state index in [0.29, 0.717) is 6.42 Å². The van der Waals surface area contributed by atoms with E-state index in [4.69, 9.17) is 5.84 Å². The minimum Gasteiger partial charge on any atom is -0.394 e. The molecule has 0 aliphatic heterocycles. The predicted octanol–water partition coefficient (Wildman–Crippen LogP) is -0.476. The highest BCUT2D eigenvalue weighted by molar-refractivity contribution is 5.61. The summed E-state index contributed by atoms with van der Waals surface area (Å²) in [6.45, 7) is 2.34. The van der Waals surface area contributed by atoms with Crippen LogP contribution in [-0.2, 0) is 0 Å². The number of aliphatic hydroxyl groups is 2. The Morgan fingerprint density at radius 2 is 2.00 bits per heavy atom. The van der Waals surface area contributed by atoms with Crippen LogP contribution in [0.25, 0.3) is 0 Å². The van der Waals surface area contributed by atoms with E-state index in [9.17, 15) is 20.3 Å². The van der Waals surface area contributed by atoms with Crippen molar-refractivity contribution < 1.29 is 15.1 Å². The molecule has 0 unspecified atom stereocenters. The summed E-state index contributed by atoms with van der Waals surface area (Å²) in [6, 6.07) is 0. The first-order valence-corrected chi connectivity index (χ1v) is 5.92. The van der Waals surface area contributed by atoms with Gasteiger partial charge in [0.15, 0.2) is 0 Å². The van der Waals surface area contributed by atoms with Crippen molar-refractivity contribution in [1.82, 2.24) is 9.97 Å². The number of aliphatic hydroxyl groups excluding tert-OH is 2. The van der Waals surface area contributed by atoms with E-state index < -0.39 is 23.7 Å². The number of aryl methyl sites for hydroxylation is 1. The maximum Gasteiger partial charge on any atom is 0.332 e. The zero-order valence-electron chi connectivity index (χ0n) is 11.3. The van der Waals surface area contributed by atoms with Crippen molar-refractivity contribution in [3.63, 3.8) is 0 Å². The average Bonchev–Trinajstić information content (AvgIpc) is 2.43. The van der Waals surface area contributed by atoms with Gasteiger partial charge in [-0.3, -0.25) is 15.5 Å². The number of anilines is 2. The summed E-state index contributed by atoms with van der Waals surface area (Å²) < 4.78 is 0. The summed E-state index contributed by atoms with van der Waals surface area (Å²) in [7, 11) is 0. The van der Waals surface area contributed by atoms with Crippen LogP contribution in [0.5, 0.6) is 0 Å². The van der Waals surface area contributed by atoms with Crippen LogP contribution in [0.3, 0.4) is 0 Å². The molecule has 0 radical (unpaired) electrons. The second-order valence-corrected chi connectivity index (χ2v) is 4.31. The van der Waals surface area contributed by atoms with Gasteiger partial charge >= 0.3 is 5.69 Å². The fraction of sp³-hybridized carbons (Fsp3) is 0.600. The summed E-state index contributed by atoms with van der Waals surface area (Å²) >= 11 is 0. The van der Waals surface area contributed by atoms with Gasteiger partial charge in [-0.05, 0) is 13.3 Å². The molecular weight excluding hydrogens is 268 g/mol. The van der Waals surface area contributed by atoms with E-state index >= 15 is 0 Å². The smallest absolute Gasteiger partial charge is 0.332 e. The van der Waals surface area contributed by atoms with Gasteiger partial charge in [-0.15, -0.1) is 0 Å². The Morgan fingerprint density at radius 1 is 1.40 bits per heavy atom. The molecular formula is C10H18N6O4. The highest BCUT2D eigenvalue weighted by Crippen LogP contribution is 2.29. The van der Waals surface area contributed by atoms with Crippen molar-refractivity contribution >= 4 is 17.5 Å². The zero-order valence-corrected chi connectivity index (χ0v) is 11.3. The molecule has 0 spiro atoms. The summed E-state index contributed by atoms with van der Waals surface area (Å²) in [6.07, 6.45) is 0.339. The van der Waals surface area contributed by atoms with Crippen LogP contribution >= 0.6 is 0 Å². The number of aromatic nitrogens is 2. The quantitative estimate of drug-likeness (QED) is 0.253. The Balaban J connectivity index is 3.34. The molecule has 6 N–H and O–H groups in total. The molecule has 20 heavy (non-hydrogen) atoms. The van der Waals surface area contributed by atoms with E-state index in [2.05, 4.69) is 20.7 Å². The molecule has 112 valence electrons. The number of nitro groups is 1. The molecule has 10 heteroatoms. The number of nitrogen functional groups attached to an aromatic ring is 1. The van der Waals surface area contributed by atoms with E-state index in [1.165, 1.54) is 6.92 Å². The Kier molecular flexibility index (Phi) is 5.13. The van der Waals surface area contributed by atoms with Gasteiger partial charge in [0.05, 0.1) is 23.7 Å². The Morgan fingerprint density at radius 3 is 2.40 bits per heavy atom. The lowest BCUT2D eigenvalue weighted by Crippen LogP contribution is -2.45. The highest BCUT2D eigenvalue weighted by Gasteiger charge is 2.32. The van der Waals surface area contributed by atoms with Crippen molar-refractivity contribution in [3.05, 3.63) is 15.8 Å². The molecule has 1 rings (SSSR count). The number of nitrogens with two attached hydrogens (primary N) is 1. The lowest BCUT2D eigenvalue weighted by molar-refractivity contribution is -0.385. The predicted molar refractivity (Wildman–Crippen MR) is 72.0 cm³/mol. The lowest BCUT2D eigenvalue weighted by atomic mass is 9.98. The van der Waals surface area contributed by atoms with Gasteiger partial charge in [-0.25, -0.2) is 10.8 Å². The molecule has 1 heterocycles. The third-order valence-corrected chi connectivity index (χ3v) is 3.04. The molecule has 0 bridgehead atoms. The Labute approximate surface area is 115 Å². The van der Waals surface area contributed by atoms with Gasteiger partial charge in [-0.2, -0.15) is 4.98 Å². The van der Waals surface area contributed by atoms with E-state index in [1.54, 1.807) is 6.92 Å². The molecule has 0 aromatic carbocycles. The summed E-state index contributed by atoms with van der Waals surface area (Å²) in [4.78, 5) is 18.2. The van der Waals surface area contributed by atoms with Gasteiger partial charge in [0, 0.05) is 0 Å². The fourth-order valence-electron chi connectivity index (χ4n) is 1.63. The molecule has 0 fully saturated rings. The first kappa shape index (κ1) is 16.0. The van der Waals surface area contributed by atoms with Gasteiger partial charge < -0.3 is 15.5 Å². The van der Waals surface area contributed by atoms with Crippen molar-refractivity contribution in [2.45, 2.75) is 25.8 Å². The summed E-state index contributed by atoms with van der Waals surface area (Å²) in [5.74, 6) is 5.09. The summed E-state index contributed by atoms with van der Waals surface area (Å²) in [5.41, 5.74) is 0.873. The maximum absolute atomic E-state index is 11.1. The minimum absolute atomic E-state index is 0.00326. The number of hydrogen-bond donors (Lipinski definition) is 5. The number of rotatable bonds is 7. The van der Waals surface area contributed by atoms with Crippen LogP contribution in [0.15, 0.2) is 0 Å². The third kappa shape index (κ3) is 3.10. The topological polar surface area (TPSA) is 159 Å². The van der Waals surface area contributed by atoms with Crippen LogP contribution in [0.2, 0.25) is 0 Å². The molecule has 0 aliphatic carbocycles. The second-order valence-electron chi connectivity index (χ2n) is 4.31. The molecule has 0 saturated heterocycles. The molecule has 1 aromatic heterocycles. The molecule has 1 aromatic rings. The van der Waals surface area contributed by atoms with Crippen molar-refractivity contribution in [3.8, 4) is 0 Å². The van der Waals surface area contributed by atoms with Gasteiger partial charge in [0.25, 0.3) is 0 Å².